The summed E-state index contributed by atoms with van der Waals surface area (Å²) >= 11 is 5.19. The van der Waals surface area contributed by atoms with Crippen molar-refractivity contribution in [2.75, 3.05) is 0 Å². The second-order valence-electron chi connectivity index (χ2n) is 5.67. The maximum Gasteiger partial charge on any atom is 0.340 e. The second kappa shape index (κ2) is 7.92. The number of nitrogens with zero attached hydrogens (tertiary/aromatic N) is 1. The van der Waals surface area contributed by atoms with E-state index in [0.29, 0.717) is 22.3 Å². The molecule has 1 aliphatic rings. The second-order valence-corrected chi connectivity index (χ2v) is 6.08. The summed E-state index contributed by atoms with van der Waals surface area (Å²) in [7, 11) is 0. The van der Waals surface area contributed by atoms with Crippen molar-refractivity contribution in [1.29, 1.82) is 0 Å². The summed E-state index contributed by atoms with van der Waals surface area (Å²) in [4.78, 5) is 11.3. The number of carboxylic acids is 1. The molecule has 0 bridgehead atoms. The monoisotopic (exact) mass is 335 g/mol. The number of aromatic carboxylic acids is 1. The smallest absolute Gasteiger partial charge is 0.340 e. The zero-order valence-corrected chi connectivity index (χ0v) is 13.8. The molecule has 0 radical (unpaired) electrons. The lowest BCUT2D eigenvalue weighted by atomic mass is 9.96. The van der Waals surface area contributed by atoms with E-state index in [1.54, 1.807) is 13.0 Å². The summed E-state index contributed by atoms with van der Waals surface area (Å²) in [5, 5.41) is 26.6. The summed E-state index contributed by atoms with van der Waals surface area (Å²) in [5.41, 5.74) is 3.60. The molecule has 1 fully saturated rings. The van der Waals surface area contributed by atoms with Crippen LogP contribution in [0.5, 0.6) is 5.75 Å². The zero-order chi connectivity index (χ0) is 16.8. The average Bonchev–Trinajstić information content (AvgIpc) is 2.51. The first-order valence-corrected chi connectivity index (χ1v) is 8.05. The van der Waals surface area contributed by atoms with Gasteiger partial charge in [0, 0.05) is 11.6 Å². The van der Waals surface area contributed by atoms with Crippen LogP contribution in [-0.4, -0.2) is 33.6 Å². The van der Waals surface area contributed by atoms with Crippen LogP contribution < -0.4 is 10.7 Å². The molecule has 0 unspecified atom stereocenters. The fraction of sp³-hybridized carbons (Fsp3) is 0.438. The van der Waals surface area contributed by atoms with Crippen molar-refractivity contribution in [2.24, 2.45) is 5.10 Å². The molecule has 1 saturated carbocycles. The van der Waals surface area contributed by atoms with Crippen molar-refractivity contribution in [3.63, 3.8) is 0 Å². The predicted molar refractivity (Wildman–Crippen MR) is 93.1 cm³/mol. The van der Waals surface area contributed by atoms with Crippen molar-refractivity contribution >= 4 is 29.5 Å². The van der Waals surface area contributed by atoms with Crippen LogP contribution in [0.25, 0.3) is 0 Å². The molecule has 7 heteroatoms. The number of rotatable bonds is 4. The van der Waals surface area contributed by atoms with Gasteiger partial charge in [0.1, 0.15) is 11.3 Å². The molecule has 0 aromatic heterocycles. The molecule has 1 aliphatic carbocycles. The Bertz CT molecular complexity index is 625. The lowest BCUT2D eigenvalue weighted by Gasteiger charge is -2.23. The van der Waals surface area contributed by atoms with E-state index in [1.807, 2.05) is 0 Å². The maximum absolute atomic E-state index is 11.3. The van der Waals surface area contributed by atoms with Crippen LogP contribution in [0.15, 0.2) is 17.2 Å². The minimum absolute atomic E-state index is 0.165. The van der Waals surface area contributed by atoms with Crippen LogP contribution in [0.2, 0.25) is 0 Å². The number of hydrogen-bond donors (Lipinski definition) is 4. The highest BCUT2D eigenvalue weighted by molar-refractivity contribution is 7.80. The first kappa shape index (κ1) is 17.2. The third kappa shape index (κ3) is 4.66. The number of carboxylic acid groups (broad SMARTS) is 1. The summed E-state index contributed by atoms with van der Waals surface area (Å²) in [5.74, 6) is -1.48. The maximum atomic E-state index is 11.3. The van der Waals surface area contributed by atoms with Crippen LogP contribution in [0, 0.1) is 6.92 Å². The molecular weight excluding hydrogens is 314 g/mol. The topological polar surface area (TPSA) is 94.0 Å². The molecule has 2 rings (SSSR count). The van der Waals surface area contributed by atoms with Crippen LogP contribution >= 0.6 is 12.2 Å². The lowest BCUT2D eigenvalue weighted by molar-refractivity contribution is 0.0693. The number of aromatic hydroxyl groups is 1. The van der Waals surface area contributed by atoms with Crippen molar-refractivity contribution < 1.29 is 15.0 Å². The highest BCUT2D eigenvalue weighted by Gasteiger charge is 2.16. The van der Waals surface area contributed by atoms with Gasteiger partial charge in [0.05, 0.1) is 6.21 Å². The molecule has 0 saturated heterocycles. The number of thiocarbonyl (C=S) groups is 1. The van der Waals surface area contributed by atoms with Gasteiger partial charge < -0.3 is 15.5 Å². The van der Waals surface area contributed by atoms with Crippen LogP contribution in [0.1, 0.15) is 53.6 Å². The summed E-state index contributed by atoms with van der Waals surface area (Å²) in [6.45, 7) is 1.76. The number of hydrazone groups is 1. The largest absolute Gasteiger partial charge is 0.507 e. The molecule has 4 N–H and O–H groups in total. The molecule has 1 aromatic carbocycles. The minimum atomic E-state index is -1.20. The third-order valence-electron chi connectivity index (χ3n) is 3.96. The first-order valence-electron chi connectivity index (χ1n) is 7.64. The van der Waals surface area contributed by atoms with Gasteiger partial charge in [-0.2, -0.15) is 5.10 Å². The van der Waals surface area contributed by atoms with E-state index in [0.717, 1.165) is 12.8 Å². The quantitative estimate of drug-likeness (QED) is 0.384. The molecule has 0 amide bonds. The van der Waals surface area contributed by atoms with Crippen LogP contribution in [0.3, 0.4) is 0 Å². The van der Waals surface area contributed by atoms with Gasteiger partial charge >= 0.3 is 5.97 Å². The fourth-order valence-corrected chi connectivity index (χ4v) is 2.94. The van der Waals surface area contributed by atoms with Crippen molar-refractivity contribution in [2.45, 2.75) is 45.1 Å². The highest BCUT2D eigenvalue weighted by Crippen LogP contribution is 2.23. The standard InChI is InChI=1S/C16H21N3O3S/c1-10-7-8-13(20)14(15(21)22)12(10)9-17-19-16(23)18-11-5-3-2-4-6-11/h7-9,11,20H,2-6H2,1H3,(H,21,22)(H2,18,19,23)/b17-9+. The molecule has 124 valence electrons. The number of phenols is 1. The van der Waals surface area contributed by atoms with Gasteiger partial charge in [0.2, 0.25) is 0 Å². The Hall–Kier alpha value is -2.15. The van der Waals surface area contributed by atoms with E-state index in [4.69, 9.17) is 12.2 Å². The molecular formula is C16H21N3O3S. The number of hydrogen-bond acceptors (Lipinski definition) is 4. The van der Waals surface area contributed by atoms with Gasteiger partial charge in [0.15, 0.2) is 5.11 Å². The number of aryl methyl sites for hydroxylation is 1. The molecule has 1 aromatic rings. The number of benzene rings is 1. The Morgan fingerprint density at radius 1 is 1.35 bits per heavy atom. The number of nitrogens with one attached hydrogen (secondary N) is 2. The fourth-order valence-electron chi connectivity index (χ4n) is 2.72. The Labute approximate surface area is 140 Å². The first-order chi connectivity index (χ1) is 11.0. The van der Waals surface area contributed by atoms with Crippen molar-refractivity contribution in [1.82, 2.24) is 10.7 Å². The molecule has 0 atom stereocenters. The predicted octanol–water partition coefficient (Wildman–Crippen LogP) is 2.53. The molecule has 0 aliphatic heterocycles. The Morgan fingerprint density at radius 2 is 2.04 bits per heavy atom. The van der Waals surface area contributed by atoms with Gasteiger partial charge in [-0.05, 0) is 43.6 Å². The lowest BCUT2D eigenvalue weighted by Crippen LogP contribution is -2.40. The van der Waals surface area contributed by atoms with E-state index < -0.39 is 5.97 Å². The average molecular weight is 335 g/mol. The molecule has 0 heterocycles. The van der Waals surface area contributed by atoms with Crippen molar-refractivity contribution in [3.8, 4) is 5.75 Å². The van der Waals surface area contributed by atoms with Gasteiger partial charge in [-0.15, -0.1) is 0 Å². The van der Waals surface area contributed by atoms with Gasteiger partial charge in [-0.1, -0.05) is 25.3 Å². The number of carbonyl (C=O) groups is 1. The van der Waals surface area contributed by atoms with Crippen molar-refractivity contribution in [3.05, 3.63) is 28.8 Å². The van der Waals surface area contributed by atoms with E-state index in [2.05, 4.69) is 15.8 Å². The molecule has 0 spiro atoms. The van der Waals surface area contributed by atoms with Gasteiger partial charge in [-0.25, -0.2) is 4.79 Å². The summed E-state index contributed by atoms with van der Waals surface area (Å²) < 4.78 is 0. The normalized spacial score (nSPS) is 15.5. The van der Waals surface area contributed by atoms with Crippen LogP contribution in [-0.2, 0) is 0 Å². The Morgan fingerprint density at radius 3 is 2.70 bits per heavy atom. The van der Waals surface area contributed by atoms with Gasteiger partial charge in [0.25, 0.3) is 0 Å². The highest BCUT2D eigenvalue weighted by atomic mass is 32.1. The van der Waals surface area contributed by atoms with E-state index in [-0.39, 0.29) is 11.3 Å². The van der Waals surface area contributed by atoms with E-state index >= 15 is 0 Å². The zero-order valence-electron chi connectivity index (χ0n) is 13.0. The third-order valence-corrected chi connectivity index (χ3v) is 4.16. The molecule has 23 heavy (non-hydrogen) atoms. The SMILES string of the molecule is Cc1ccc(O)c(C(=O)O)c1/C=N/NC(=S)NC1CCCCC1. The van der Waals surface area contributed by atoms with Gasteiger partial charge in [-0.3, -0.25) is 5.43 Å². The Kier molecular flexibility index (Phi) is 5.92. The van der Waals surface area contributed by atoms with Crippen LogP contribution in [0.4, 0.5) is 0 Å². The summed E-state index contributed by atoms with van der Waals surface area (Å²) in [6, 6.07) is 3.37. The minimum Gasteiger partial charge on any atom is -0.507 e. The Balaban J connectivity index is 2.01. The van der Waals surface area contributed by atoms with E-state index in [9.17, 15) is 15.0 Å². The summed E-state index contributed by atoms with van der Waals surface area (Å²) in [6.07, 6.45) is 7.24. The van der Waals surface area contributed by atoms with E-state index in [1.165, 1.54) is 31.5 Å². The molecule has 6 nitrogen and oxygen atoms in total.